The zero-order valence-corrected chi connectivity index (χ0v) is 12.4. The van der Waals surface area contributed by atoms with Gasteiger partial charge < -0.3 is 10.2 Å². The van der Waals surface area contributed by atoms with E-state index < -0.39 is 11.9 Å². The molecule has 1 aromatic carbocycles. The van der Waals surface area contributed by atoms with E-state index in [0.29, 0.717) is 11.4 Å². The highest BCUT2D eigenvalue weighted by Crippen LogP contribution is 2.19. The Bertz CT molecular complexity index is 692. The summed E-state index contributed by atoms with van der Waals surface area (Å²) in [6.07, 6.45) is 1.22. The molecule has 0 radical (unpaired) electrons. The van der Waals surface area contributed by atoms with E-state index in [1.807, 2.05) is 19.1 Å². The first-order chi connectivity index (χ1) is 10.9. The summed E-state index contributed by atoms with van der Waals surface area (Å²) < 4.78 is 0. The van der Waals surface area contributed by atoms with Crippen LogP contribution in [0.4, 0.5) is 0 Å². The van der Waals surface area contributed by atoms with Crippen LogP contribution in [0.25, 0.3) is 11.4 Å². The van der Waals surface area contributed by atoms with E-state index in [1.54, 1.807) is 6.07 Å². The minimum Gasteiger partial charge on any atom is -0.480 e. The third-order valence-corrected chi connectivity index (χ3v) is 2.93. The molecule has 1 aromatic heterocycles. The second-order valence-electron chi connectivity index (χ2n) is 5.01. The molecule has 0 amide bonds. The van der Waals surface area contributed by atoms with E-state index in [0.717, 1.165) is 11.1 Å². The molecule has 1 heterocycles. The fourth-order valence-corrected chi connectivity index (χ4v) is 2.21. The highest BCUT2D eigenvalue weighted by Gasteiger charge is 2.15. The second-order valence-corrected chi connectivity index (χ2v) is 5.01. The number of aryl methyl sites for hydroxylation is 1. The van der Waals surface area contributed by atoms with Crippen molar-refractivity contribution in [2.75, 3.05) is 13.1 Å². The van der Waals surface area contributed by atoms with Crippen LogP contribution in [0.15, 0.2) is 24.5 Å². The number of benzene rings is 1. The number of nitrogens with zero attached hydrogens (tertiary/aromatic N) is 5. The molecule has 0 aliphatic heterocycles. The number of rotatable bonds is 7. The minimum atomic E-state index is -1.08. The maximum atomic E-state index is 10.9. The summed E-state index contributed by atoms with van der Waals surface area (Å²) in [6, 6.07) is 5.47. The lowest BCUT2D eigenvalue weighted by atomic mass is 10.1. The van der Waals surface area contributed by atoms with Crippen LogP contribution in [0.1, 0.15) is 11.1 Å². The van der Waals surface area contributed by atoms with Gasteiger partial charge in [-0.2, -0.15) is 0 Å². The molecule has 0 saturated heterocycles. The predicted molar refractivity (Wildman–Crippen MR) is 78.3 cm³/mol. The van der Waals surface area contributed by atoms with Gasteiger partial charge in [0.2, 0.25) is 5.82 Å². The SMILES string of the molecule is Cc1cc(CN(CC(=O)O)CC(=O)O)cc(-c2nncnn2)c1. The molecule has 0 saturated carbocycles. The molecular formula is C14H15N5O4. The molecule has 2 rings (SSSR count). The van der Waals surface area contributed by atoms with E-state index >= 15 is 0 Å². The van der Waals surface area contributed by atoms with E-state index in [9.17, 15) is 9.59 Å². The highest BCUT2D eigenvalue weighted by molar-refractivity contribution is 5.72. The van der Waals surface area contributed by atoms with E-state index in [2.05, 4.69) is 20.4 Å². The molecule has 2 aromatic rings. The first-order valence-corrected chi connectivity index (χ1v) is 6.71. The lowest BCUT2D eigenvalue weighted by Gasteiger charge is -2.18. The summed E-state index contributed by atoms with van der Waals surface area (Å²) in [6.45, 7) is 1.33. The summed E-state index contributed by atoms with van der Waals surface area (Å²) in [7, 11) is 0. The molecule has 9 nitrogen and oxygen atoms in total. The van der Waals surface area contributed by atoms with Crippen LogP contribution in [-0.2, 0) is 16.1 Å². The van der Waals surface area contributed by atoms with Gasteiger partial charge in [-0.1, -0.05) is 11.6 Å². The Morgan fingerprint density at radius 1 is 1.04 bits per heavy atom. The van der Waals surface area contributed by atoms with E-state index in [-0.39, 0.29) is 19.6 Å². The van der Waals surface area contributed by atoms with Crippen molar-refractivity contribution in [3.63, 3.8) is 0 Å². The number of carbonyl (C=O) groups is 2. The van der Waals surface area contributed by atoms with Crippen LogP contribution < -0.4 is 0 Å². The van der Waals surface area contributed by atoms with Gasteiger partial charge in [0.25, 0.3) is 0 Å². The van der Waals surface area contributed by atoms with E-state index in [1.165, 1.54) is 11.2 Å². The van der Waals surface area contributed by atoms with Crippen molar-refractivity contribution in [2.45, 2.75) is 13.5 Å². The second kappa shape index (κ2) is 7.36. The fraction of sp³-hybridized carbons (Fsp3) is 0.286. The average molecular weight is 317 g/mol. The molecule has 0 fully saturated rings. The maximum absolute atomic E-state index is 10.9. The Kier molecular flexibility index (Phi) is 5.26. The van der Waals surface area contributed by atoms with Crippen LogP contribution in [0, 0.1) is 6.92 Å². The van der Waals surface area contributed by atoms with Crippen molar-refractivity contribution in [1.82, 2.24) is 25.3 Å². The lowest BCUT2D eigenvalue weighted by molar-refractivity contribution is -0.142. The first kappa shape index (κ1) is 16.4. The van der Waals surface area contributed by atoms with Crippen LogP contribution >= 0.6 is 0 Å². The number of carboxylic acids is 2. The average Bonchev–Trinajstić information content (AvgIpc) is 2.46. The summed E-state index contributed by atoms with van der Waals surface area (Å²) in [5, 5.41) is 32.9. The first-order valence-electron chi connectivity index (χ1n) is 6.71. The molecule has 9 heteroatoms. The van der Waals surface area contributed by atoms with Crippen LogP contribution in [0.2, 0.25) is 0 Å². The molecule has 0 bridgehead atoms. The van der Waals surface area contributed by atoms with Crippen molar-refractivity contribution in [3.05, 3.63) is 35.7 Å². The molecule has 0 aliphatic rings. The summed E-state index contributed by atoms with van der Waals surface area (Å²) in [4.78, 5) is 23.1. The van der Waals surface area contributed by atoms with Crippen molar-refractivity contribution in [2.24, 2.45) is 0 Å². The van der Waals surface area contributed by atoms with Crippen molar-refractivity contribution >= 4 is 11.9 Å². The molecule has 2 N–H and O–H groups in total. The molecular weight excluding hydrogens is 302 g/mol. The maximum Gasteiger partial charge on any atom is 0.317 e. The molecule has 0 unspecified atom stereocenters. The van der Waals surface area contributed by atoms with Crippen LogP contribution in [0.3, 0.4) is 0 Å². The standard InChI is InChI=1S/C14H15N5O4/c1-9-2-10(5-19(6-12(20)21)7-13(22)23)4-11(3-9)14-17-15-8-16-18-14/h2-4,8H,5-7H2,1H3,(H,20,21)(H,22,23). The van der Waals surface area contributed by atoms with Crippen LogP contribution in [0.5, 0.6) is 0 Å². The number of carboxylic acid groups (broad SMARTS) is 2. The zero-order valence-electron chi connectivity index (χ0n) is 12.4. The van der Waals surface area contributed by atoms with Crippen molar-refractivity contribution in [3.8, 4) is 11.4 Å². The third kappa shape index (κ3) is 5.08. The van der Waals surface area contributed by atoms with Crippen LogP contribution in [-0.4, -0.2) is 60.5 Å². The minimum absolute atomic E-state index is 0.182. The van der Waals surface area contributed by atoms with Crippen molar-refractivity contribution < 1.29 is 19.8 Å². The van der Waals surface area contributed by atoms with E-state index in [4.69, 9.17) is 10.2 Å². The van der Waals surface area contributed by atoms with Gasteiger partial charge in [-0.3, -0.25) is 14.5 Å². The number of hydrogen-bond acceptors (Lipinski definition) is 7. The lowest BCUT2D eigenvalue weighted by Crippen LogP contribution is -2.34. The summed E-state index contributed by atoms with van der Waals surface area (Å²) in [5.41, 5.74) is 2.36. The Hall–Kier alpha value is -2.94. The van der Waals surface area contributed by atoms with Crippen molar-refractivity contribution in [1.29, 1.82) is 0 Å². The predicted octanol–water partition coefficient (Wildman–Crippen LogP) is 0.213. The summed E-state index contributed by atoms with van der Waals surface area (Å²) in [5.74, 6) is -1.82. The molecule has 23 heavy (non-hydrogen) atoms. The van der Waals surface area contributed by atoms with Gasteiger partial charge in [0.05, 0.1) is 13.1 Å². The largest absolute Gasteiger partial charge is 0.480 e. The smallest absolute Gasteiger partial charge is 0.317 e. The number of hydrogen-bond donors (Lipinski definition) is 2. The zero-order chi connectivity index (χ0) is 16.8. The molecule has 0 atom stereocenters. The normalized spacial score (nSPS) is 10.7. The topological polar surface area (TPSA) is 129 Å². The van der Waals surface area contributed by atoms with Gasteiger partial charge in [0, 0.05) is 12.1 Å². The molecule has 0 spiro atoms. The van der Waals surface area contributed by atoms with Gasteiger partial charge in [-0.15, -0.1) is 20.4 Å². The summed E-state index contributed by atoms with van der Waals surface area (Å²) >= 11 is 0. The molecule has 0 aliphatic carbocycles. The van der Waals surface area contributed by atoms with Gasteiger partial charge in [-0.05, 0) is 24.6 Å². The fourth-order valence-electron chi connectivity index (χ4n) is 2.21. The number of aliphatic carboxylic acids is 2. The third-order valence-electron chi connectivity index (χ3n) is 2.93. The van der Waals surface area contributed by atoms with Gasteiger partial charge >= 0.3 is 11.9 Å². The van der Waals surface area contributed by atoms with Gasteiger partial charge in [0.15, 0.2) is 6.33 Å². The van der Waals surface area contributed by atoms with Gasteiger partial charge in [-0.25, -0.2) is 0 Å². The Balaban J connectivity index is 2.26. The Morgan fingerprint density at radius 2 is 1.65 bits per heavy atom. The monoisotopic (exact) mass is 317 g/mol. The Labute approximate surface area is 131 Å². The Morgan fingerprint density at radius 3 is 2.22 bits per heavy atom. The number of aromatic nitrogens is 4. The highest BCUT2D eigenvalue weighted by atomic mass is 16.4. The van der Waals surface area contributed by atoms with Gasteiger partial charge in [0.1, 0.15) is 0 Å². The molecule has 120 valence electrons. The quantitative estimate of drug-likeness (QED) is 0.736.